The van der Waals surface area contributed by atoms with Crippen LogP contribution in [0.1, 0.15) is 93.1 Å². The monoisotopic (exact) mass is 878 g/mol. The van der Waals surface area contributed by atoms with Crippen molar-refractivity contribution in [1.29, 1.82) is 0 Å². The lowest BCUT2D eigenvalue weighted by atomic mass is 9.77. The highest BCUT2D eigenvalue weighted by Gasteiger charge is 2.94. The lowest BCUT2D eigenvalue weighted by molar-refractivity contribution is -0.390. The van der Waals surface area contributed by atoms with E-state index in [1.807, 2.05) is 0 Å². The van der Waals surface area contributed by atoms with Crippen LogP contribution in [0.5, 0.6) is 17.2 Å². The summed E-state index contributed by atoms with van der Waals surface area (Å²) >= 11 is 0. The highest BCUT2D eigenvalue weighted by atomic mass is 16.9. The van der Waals surface area contributed by atoms with Gasteiger partial charge in [-0.15, -0.1) is 0 Å². The first-order valence-corrected chi connectivity index (χ1v) is 20.6. The highest BCUT2D eigenvalue weighted by Crippen LogP contribution is 2.72. The average Bonchev–Trinajstić information content (AvgIpc) is 3.86. The zero-order chi connectivity index (χ0) is 44.9. The minimum atomic E-state index is -2.04. The second-order valence-electron chi connectivity index (χ2n) is 17.8. The number of benzene rings is 2. The number of aryl methyl sites for hydroxylation is 1. The lowest BCUT2D eigenvalue weighted by Crippen LogP contribution is -2.72. The van der Waals surface area contributed by atoms with E-state index in [0.717, 1.165) is 0 Å². The van der Waals surface area contributed by atoms with E-state index in [-0.39, 0.29) is 65.9 Å². The third-order valence-corrected chi connectivity index (χ3v) is 14.1. The van der Waals surface area contributed by atoms with E-state index in [1.165, 1.54) is 55.9 Å². The van der Waals surface area contributed by atoms with Crippen LogP contribution >= 0.6 is 0 Å². The summed E-state index contributed by atoms with van der Waals surface area (Å²) in [6.07, 6.45) is -12.9. The van der Waals surface area contributed by atoms with Gasteiger partial charge in [-0.1, -0.05) is 0 Å². The number of phenols is 1. The van der Waals surface area contributed by atoms with Crippen molar-refractivity contribution < 1.29 is 97.1 Å². The van der Waals surface area contributed by atoms with E-state index in [4.69, 9.17) is 56.8 Å². The summed E-state index contributed by atoms with van der Waals surface area (Å²) in [5, 5.41) is 68.4. The molecule has 5 fully saturated rings. The smallest absolute Gasteiger partial charge is 0.305 e. The molecule has 15 unspecified atom stereocenters. The molecule has 1 aliphatic carbocycles. The van der Waals surface area contributed by atoms with E-state index < -0.39 is 113 Å². The molecule has 15 atom stereocenters. The summed E-state index contributed by atoms with van der Waals surface area (Å²) in [6, 6.07) is 1.73. The van der Waals surface area contributed by atoms with Crippen molar-refractivity contribution >= 4 is 22.5 Å². The summed E-state index contributed by atoms with van der Waals surface area (Å²) in [5.74, 6) is -7.43. The van der Waals surface area contributed by atoms with E-state index in [1.54, 1.807) is 13.0 Å². The molecule has 0 radical (unpaired) electrons. The molecule has 7 aliphatic rings. The van der Waals surface area contributed by atoms with E-state index in [9.17, 15) is 40.2 Å². The number of methoxy groups -OCH3 is 3. The highest BCUT2D eigenvalue weighted by molar-refractivity contribution is 6.13. The van der Waals surface area contributed by atoms with Crippen LogP contribution in [0, 0.1) is 6.92 Å². The molecule has 2 bridgehead atoms. The first-order valence-electron chi connectivity index (χ1n) is 20.6. The Morgan fingerprint density at radius 1 is 1.03 bits per heavy atom. The van der Waals surface area contributed by atoms with Crippen molar-refractivity contribution in [2.24, 2.45) is 0 Å². The number of phenolic OH excluding ortho intramolecular Hbond substituents is 1. The fraction of sp³-hybridized carbons (Fsp3) is 0.714. The number of carbonyl (C=O) groups excluding carboxylic acids is 2. The van der Waals surface area contributed by atoms with Gasteiger partial charge in [-0.05, 0) is 39.3 Å². The number of fused-ring (bicyclic) bond motifs is 8. The van der Waals surface area contributed by atoms with Crippen LogP contribution in [0.25, 0.3) is 10.8 Å². The van der Waals surface area contributed by atoms with Gasteiger partial charge in [0.25, 0.3) is 11.6 Å². The number of aliphatic hydroxyl groups is 5. The molecular weight excluding hydrogens is 824 g/mol. The van der Waals surface area contributed by atoms with Crippen LogP contribution < -0.4 is 9.47 Å². The summed E-state index contributed by atoms with van der Waals surface area (Å²) in [7, 11) is 4.17. The van der Waals surface area contributed by atoms with Crippen LogP contribution in [0.15, 0.2) is 6.07 Å². The molecule has 342 valence electrons. The number of ketones is 1. The normalized spacial score (nSPS) is 43.4. The van der Waals surface area contributed by atoms with Gasteiger partial charge >= 0.3 is 5.97 Å². The van der Waals surface area contributed by atoms with Gasteiger partial charge in [-0.25, -0.2) is 0 Å². The molecule has 0 aromatic heterocycles. The Morgan fingerprint density at radius 3 is 2.31 bits per heavy atom. The van der Waals surface area contributed by atoms with Gasteiger partial charge in [-0.2, -0.15) is 0 Å². The van der Waals surface area contributed by atoms with Crippen molar-refractivity contribution in [2.75, 3.05) is 34.5 Å². The van der Waals surface area contributed by atoms with Gasteiger partial charge in [0.05, 0.1) is 61.8 Å². The Balaban J connectivity index is 1.18. The van der Waals surface area contributed by atoms with Crippen molar-refractivity contribution in [3.8, 4) is 17.2 Å². The van der Waals surface area contributed by atoms with Crippen molar-refractivity contribution in [2.45, 2.75) is 156 Å². The fourth-order valence-corrected chi connectivity index (χ4v) is 10.8. The predicted octanol–water partition coefficient (Wildman–Crippen LogP) is 0.954. The number of rotatable bonds is 10. The molecule has 20 nitrogen and oxygen atoms in total. The standard InChI is InChI=1S/C42H54O20/c1-16-10-21-27(31(48)29-28(32(21)51-7)23(11-22(45)30(29)47)57-20-13-37(5,49)38(6,54-14-20)58-19(4)44)33-26(16)34-35-41(60-33,39(15-55-39)42(61-34,62-35)36(52-8)53-9)59-25-12-24(46)40(50,17(2)43)18(3)56-25/h10,17-18,20,22-25,34-36,43,45-46,48-50H,11-15H2,1-9H3. The van der Waals surface area contributed by atoms with Crippen molar-refractivity contribution in [3.05, 3.63) is 28.3 Å². The van der Waals surface area contributed by atoms with Gasteiger partial charge in [0.1, 0.15) is 40.7 Å². The Hall–Kier alpha value is -3.32. The second-order valence-corrected chi connectivity index (χ2v) is 17.8. The van der Waals surface area contributed by atoms with E-state index >= 15 is 0 Å². The maximum atomic E-state index is 14.1. The molecule has 2 aromatic rings. The molecule has 0 saturated carbocycles. The SMILES string of the molecule is COc1c2c(c(O)c3c4c(c(C)cc13)C1OC3(C(OC)OC)OC1C(OC1CC(O)C(O)(C(C)O)C(C)O1)(O4)C31CO1)C(=O)C(O)CC2OC1COC(C)(OC(C)=O)C(C)(O)C1. The number of Topliss-reactive ketones (excluding diaryl/α,β-unsaturated/α-hetero) is 1. The minimum absolute atomic E-state index is 0.00285. The number of carbonyl (C=O) groups is 2. The van der Waals surface area contributed by atoms with Crippen LogP contribution in [0.4, 0.5) is 0 Å². The van der Waals surface area contributed by atoms with Crippen LogP contribution in [0.3, 0.4) is 0 Å². The molecule has 9 rings (SSSR count). The first-order chi connectivity index (χ1) is 29.1. The second kappa shape index (κ2) is 14.3. The first kappa shape index (κ1) is 43.9. The van der Waals surface area contributed by atoms with E-state index in [0.29, 0.717) is 11.1 Å². The third-order valence-electron chi connectivity index (χ3n) is 14.1. The van der Waals surface area contributed by atoms with Crippen LogP contribution in [-0.4, -0.2) is 160 Å². The molecular formula is C42H54O20. The average molecular weight is 879 g/mol. The van der Waals surface area contributed by atoms with E-state index in [2.05, 4.69) is 0 Å². The van der Waals surface area contributed by atoms with Crippen LogP contribution in [0.2, 0.25) is 0 Å². The van der Waals surface area contributed by atoms with Crippen molar-refractivity contribution in [3.63, 3.8) is 0 Å². The Morgan fingerprint density at radius 2 is 1.73 bits per heavy atom. The van der Waals surface area contributed by atoms with Crippen molar-refractivity contribution in [1.82, 2.24) is 0 Å². The number of hydrogen-bond acceptors (Lipinski definition) is 20. The molecule has 20 heteroatoms. The molecule has 6 N–H and O–H groups in total. The maximum absolute atomic E-state index is 14.1. The quantitative estimate of drug-likeness (QED) is 0.110. The van der Waals surface area contributed by atoms with Gasteiger partial charge < -0.3 is 87.5 Å². The maximum Gasteiger partial charge on any atom is 0.305 e. The lowest BCUT2D eigenvalue weighted by Gasteiger charge is -2.52. The Kier molecular flexibility index (Phi) is 10.2. The van der Waals surface area contributed by atoms with Gasteiger partial charge in [0.15, 0.2) is 18.2 Å². The molecule has 1 spiro atoms. The Labute approximate surface area is 355 Å². The van der Waals surface area contributed by atoms with Gasteiger partial charge in [0.2, 0.25) is 17.7 Å². The largest absolute Gasteiger partial charge is 0.506 e. The van der Waals surface area contributed by atoms with Gasteiger partial charge in [0, 0.05) is 63.8 Å². The number of aliphatic hydroxyl groups excluding tert-OH is 3. The minimum Gasteiger partial charge on any atom is -0.506 e. The number of epoxide rings is 1. The topological polar surface area (TPSA) is 270 Å². The molecule has 0 amide bonds. The summed E-state index contributed by atoms with van der Waals surface area (Å²) < 4.78 is 74.9. The summed E-state index contributed by atoms with van der Waals surface area (Å²) in [6.45, 7) is 8.47. The summed E-state index contributed by atoms with van der Waals surface area (Å²) in [4.78, 5) is 25.9. The summed E-state index contributed by atoms with van der Waals surface area (Å²) in [5.41, 5.74) is -4.58. The number of esters is 1. The fourth-order valence-electron chi connectivity index (χ4n) is 10.8. The molecule has 6 aliphatic heterocycles. The molecule has 6 heterocycles. The molecule has 5 saturated heterocycles. The predicted molar refractivity (Wildman–Crippen MR) is 205 cm³/mol. The zero-order valence-electron chi connectivity index (χ0n) is 35.8. The number of hydrogen-bond donors (Lipinski definition) is 6. The van der Waals surface area contributed by atoms with Gasteiger partial charge in [-0.3, -0.25) is 9.59 Å². The number of ether oxygens (including phenoxy) is 12. The number of aromatic hydroxyl groups is 1. The third kappa shape index (κ3) is 5.63. The molecule has 62 heavy (non-hydrogen) atoms. The molecule has 2 aromatic carbocycles. The Bertz CT molecular complexity index is 2170. The zero-order valence-corrected chi connectivity index (χ0v) is 35.8. The van der Waals surface area contributed by atoms with Crippen LogP contribution in [-0.2, 0) is 52.2 Å².